The topological polar surface area (TPSA) is 78.3 Å². The summed E-state index contributed by atoms with van der Waals surface area (Å²) < 4.78 is 0. The van der Waals surface area contributed by atoms with Crippen LogP contribution in [0.4, 0.5) is 5.82 Å². The molecule has 6 nitrogen and oxygen atoms in total. The van der Waals surface area contributed by atoms with Crippen LogP contribution in [0, 0.1) is 0 Å². The Labute approximate surface area is 147 Å². The maximum absolute atomic E-state index is 10.5. The lowest BCUT2D eigenvalue weighted by molar-refractivity contribution is -0.131. The molecule has 0 unspecified atom stereocenters. The minimum Gasteiger partial charge on any atom is -0.478 e. The number of piperidine rings is 1. The monoisotopic (exact) mass is 338 g/mol. The third-order valence-corrected chi connectivity index (χ3v) is 4.18. The van der Waals surface area contributed by atoms with Gasteiger partial charge in [-0.2, -0.15) is 0 Å². The Morgan fingerprint density at radius 1 is 1.28 bits per heavy atom. The van der Waals surface area contributed by atoms with E-state index in [1.807, 2.05) is 6.07 Å². The van der Waals surface area contributed by atoms with Crippen LogP contribution in [0.3, 0.4) is 0 Å². The molecule has 1 atom stereocenters. The zero-order valence-corrected chi connectivity index (χ0v) is 14.0. The highest BCUT2D eigenvalue weighted by Crippen LogP contribution is 2.16. The average Bonchev–Trinajstić information content (AvgIpc) is 2.62. The number of rotatable bonds is 6. The molecule has 1 saturated heterocycles. The third-order valence-electron chi connectivity index (χ3n) is 4.18. The predicted molar refractivity (Wildman–Crippen MR) is 97.1 cm³/mol. The molecule has 2 N–H and O–H groups in total. The number of hydrogen-bond donors (Lipinski definition) is 2. The van der Waals surface area contributed by atoms with Gasteiger partial charge in [0.05, 0.1) is 18.1 Å². The highest BCUT2D eigenvalue weighted by Gasteiger charge is 2.20. The minimum atomic E-state index is -0.996. The number of aliphatic carboxylic acids is 1. The SMILES string of the molecule is O=C(O)/C=C/c1cnc(N[C@@H]2CCCN(Cc3ccccc3)C2)cn1. The van der Waals surface area contributed by atoms with Crippen LogP contribution in [0.5, 0.6) is 0 Å². The molecule has 6 heteroatoms. The van der Waals surface area contributed by atoms with Crippen molar-refractivity contribution in [3.63, 3.8) is 0 Å². The van der Waals surface area contributed by atoms with Crippen LogP contribution < -0.4 is 5.32 Å². The van der Waals surface area contributed by atoms with Crippen molar-refractivity contribution in [1.82, 2.24) is 14.9 Å². The van der Waals surface area contributed by atoms with Crippen LogP contribution in [-0.4, -0.2) is 45.1 Å². The molecule has 0 bridgehead atoms. The highest BCUT2D eigenvalue weighted by atomic mass is 16.4. The van der Waals surface area contributed by atoms with Gasteiger partial charge in [0, 0.05) is 25.2 Å². The van der Waals surface area contributed by atoms with Gasteiger partial charge in [-0.1, -0.05) is 30.3 Å². The molecule has 25 heavy (non-hydrogen) atoms. The van der Waals surface area contributed by atoms with E-state index in [0.29, 0.717) is 11.7 Å². The first-order valence-corrected chi connectivity index (χ1v) is 8.45. The zero-order chi connectivity index (χ0) is 17.5. The number of carbonyl (C=O) groups is 1. The first-order valence-electron chi connectivity index (χ1n) is 8.45. The van der Waals surface area contributed by atoms with E-state index in [0.717, 1.165) is 44.4 Å². The van der Waals surface area contributed by atoms with E-state index in [4.69, 9.17) is 5.11 Å². The van der Waals surface area contributed by atoms with Crippen molar-refractivity contribution in [2.75, 3.05) is 18.4 Å². The molecule has 1 aromatic heterocycles. The van der Waals surface area contributed by atoms with Crippen molar-refractivity contribution in [2.24, 2.45) is 0 Å². The molecule has 2 aromatic rings. The lowest BCUT2D eigenvalue weighted by atomic mass is 10.0. The number of anilines is 1. The number of aromatic nitrogens is 2. The molecule has 0 aliphatic carbocycles. The molecule has 1 fully saturated rings. The minimum absolute atomic E-state index is 0.340. The fraction of sp³-hybridized carbons (Fsp3) is 0.316. The van der Waals surface area contributed by atoms with Gasteiger partial charge in [0.1, 0.15) is 5.82 Å². The fourth-order valence-corrected chi connectivity index (χ4v) is 3.02. The molecule has 1 aliphatic rings. The number of likely N-dealkylation sites (tertiary alicyclic amines) is 1. The number of benzene rings is 1. The highest BCUT2D eigenvalue weighted by molar-refractivity contribution is 5.84. The summed E-state index contributed by atoms with van der Waals surface area (Å²) in [5.41, 5.74) is 1.86. The molecular weight excluding hydrogens is 316 g/mol. The van der Waals surface area contributed by atoms with Crippen LogP contribution in [0.25, 0.3) is 6.08 Å². The fourth-order valence-electron chi connectivity index (χ4n) is 3.02. The second-order valence-electron chi connectivity index (χ2n) is 6.20. The number of nitrogens with zero attached hydrogens (tertiary/aromatic N) is 3. The first kappa shape index (κ1) is 17.1. The largest absolute Gasteiger partial charge is 0.478 e. The molecule has 1 aliphatic heterocycles. The van der Waals surface area contributed by atoms with E-state index in [1.54, 1.807) is 12.4 Å². The van der Waals surface area contributed by atoms with Gasteiger partial charge < -0.3 is 10.4 Å². The van der Waals surface area contributed by atoms with Gasteiger partial charge in [-0.15, -0.1) is 0 Å². The van der Waals surface area contributed by atoms with Crippen molar-refractivity contribution in [3.05, 3.63) is 60.1 Å². The van der Waals surface area contributed by atoms with Crippen molar-refractivity contribution in [2.45, 2.75) is 25.4 Å². The maximum Gasteiger partial charge on any atom is 0.328 e. The summed E-state index contributed by atoms with van der Waals surface area (Å²) in [6.07, 6.45) is 7.97. The lowest BCUT2D eigenvalue weighted by Gasteiger charge is -2.33. The van der Waals surface area contributed by atoms with Crippen molar-refractivity contribution in [1.29, 1.82) is 0 Å². The smallest absolute Gasteiger partial charge is 0.328 e. The standard InChI is InChI=1S/C19H22N4O2/c24-19(25)9-8-16-11-21-18(12-20-16)22-17-7-4-10-23(14-17)13-15-5-2-1-3-6-15/h1-3,5-6,8-9,11-12,17H,4,7,10,13-14H2,(H,21,22)(H,24,25)/b9-8+/t17-/m1/s1. The molecule has 1 aromatic carbocycles. The zero-order valence-electron chi connectivity index (χ0n) is 14.0. The van der Waals surface area contributed by atoms with Crippen molar-refractivity contribution in [3.8, 4) is 0 Å². The normalized spacial score (nSPS) is 18.3. The number of carboxylic acid groups (broad SMARTS) is 1. The maximum atomic E-state index is 10.5. The van der Waals surface area contributed by atoms with Gasteiger partial charge in [-0.05, 0) is 31.0 Å². The molecule has 0 amide bonds. The van der Waals surface area contributed by atoms with Gasteiger partial charge in [-0.25, -0.2) is 9.78 Å². The van der Waals surface area contributed by atoms with E-state index in [2.05, 4.69) is 44.5 Å². The Bertz CT molecular complexity index is 716. The summed E-state index contributed by atoms with van der Waals surface area (Å²) in [5, 5.41) is 12.1. The van der Waals surface area contributed by atoms with E-state index < -0.39 is 5.97 Å². The summed E-state index contributed by atoms with van der Waals surface area (Å²) in [7, 11) is 0. The van der Waals surface area contributed by atoms with E-state index in [1.165, 1.54) is 11.6 Å². The Morgan fingerprint density at radius 3 is 2.84 bits per heavy atom. The molecule has 2 heterocycles. The van der Waals surface area contributed by atoms with E-state index >= 15 is 0 Å². The van der Waals surface area contributed by atoms with Crippen molar-refractivity contribution < 1.29 is 9.90 Å². The summed E-state index contributed by atoms with van der Waals surface area (Å²) >= 11 is 0. The summed E-state index contributed by atoms with van der Waals surface area (Å²) in [6, 6.07) is 10.8. The Hall–Kier alpha value is -2.73. The molecule has 0 spiro atoms. The van der Waals surface area contributed by atoms with Gasteiger partial charge in [-0.3, -0.25) is 9.88 Å². The third kappa shape index (κ3) is 5.39. The molecule has 0 saturated carbocycles. The van der Waals surface area contributed by atoms with Gasteiger partial charge in [0.2, 0.25) is 0 Å². The quantitative estimate of drug-likeness (QED) is 0.789. The molecular formula is C19H22N4O2. The average molecular weight is 338 g/mol. The molecule has 3 rings (SSSR count). The number of nitrogens with one attached hydrogen (secondary N) is 1. The summed E-state index contributed by atoms with van der Waals surface area (Å²) in [5.74, 6) is -0.274. The molecule has 0 radical (unpaired) electrons. The van der Waals surface area contributed by atoms with Crippen LogP contribution in [0.2, 0.25) is 0 Å². The second-order valence-corrected chi connectivity index (χ2v) is 6.20. The summed E-state index contributed by atoms with van der Waals surface area (Å²) in [6.45, 7) is 3.04. The van der Waals surface area contributed by atoms with Crippen LogP contribution in [0.1, 0.15) is 24.1 Å². The number of hydrogen-bond acceptors (Lipinski definition) is 5. The van der Waals surface area contributed by atoms with Gasteiger partial charge in [0.15, 0.2) is 0 Å². The lowest BCUT2D eigenvalue weighted by Crippen LogP contribution is -2.41. The Kier molecular flexibility index (Phi) is 5.74. The number of carboxylic acids is 1. The van der Waals surface area contributed by atoms with Gasteiger partial charge in [0.25, 0.3) is 0 Å². The van der Waals surface area contributed by atoms with Crippen LogP contribution >= 0.6 is 0 Å². The van der Waals surface area contributed by atoms with Gasteiger partial charge >= 0.3 is 5.97 Å². The van der Waals surface area contributed by atoms with Crippen molar-refractivity contribution >= 4 is 17.9 Å². The second kappa shape index (κ2) is 8.39. The molecule has 130 valence electrons. The van der Waals surface area contributed by atoms with Crippen LogP contribution in [-0.2, 0) is 11.3 Å². The van der Waals surface area contributed by atoms with Crippen LogP contribution in [0.15, 0.2) is 48.8 Å². The summed E-state index contributed by atoms with van der Waals surface area (Å²) in [4.78, 5) is 21.5. The van der Waals surface area contributed by atoms with E-state index in [-0.39, 0.29) is 0 Å². The Balaban J connectivity index is 1.54. The first-order chi connectivity index (χ1) is 12.2. The Morgan fingerprint density at radius 2 is 2.12 bits per heavy atom. The van der Waals surface area contributed by atoms with E-state index in [9.17, 15) is 4.79 Å². The predicted octanol–water partition coefficient (Wildman–Crippen LogP) is 2.65.